The van der Waals surface area contributed by atoms with Gasteiger partial charge in [-0.15, -0.1) is 0 Å². The molecule has 0 aromatic heterocycles. The largest absolute Gasteiger partial charge is 0.493 e. The number of rotatable bonds is 8. The second kappa shape index (κ2) is 10.0. The molecule has 1 aromatic carbocycles. The topological polar surface area (TPSA) is 83.5 Å². The fourth-order valence-corrected chi connectivity index (χ4v) is 2.42. The molecule has 0 saturated carbocycles. The van der Waals surface area contributed by atoms with E-state index in [-0.39, 0.29) is 13.2 Å². The highest BCUT2D eigenvalue weighted by atomic mass is 16.6. The van der Waals surface area contributed by atoms with Gasteiger partial charge in [-0.05, 0) is 38.5 Å². The molecule has 0 N–H and O–H groups in total. The van der Waals surface area contributed by atoms with Crippen LogP contribution in [-0.2, 0) is 25.4 Å². The summed E-state index contributed by atoms with van der Waals surface area (Å²) >= 11 is 0. The normalized spacial score (nSPS) is 12.1. The van der Waals surface area contributed by atoms with Crippen molar-refractivity contribution in [1.29, 1.82) is 0 Å². The van der Waals surface area contributed by atoms with E-state index in [2.05, 4.69) is 0 Å². The predicted octanol–water partition coefficient (Wildman–Crippen LogP) is 2.63. The summed E-state index contributed by atoms with van der Waals surface area (Å²) in [5, 5.41) is 0. The lowest BCUT2D eigenvalue weighted by Gasteiger charge is -2.31. The van der Waals surface area contributed by atoms with E-state index < -0.39 is 23.7 Å². The number of esters is 1. The molecule has 1 amide bonds. The van der Waals surface area contributed by atoms with E-state index in [4.69, 9.17) is 23.7 Å². The number of carbonyl (C=O) groups is 2. The molecule has 1 rings (SSSR count). The van der Waals surface area contributed by atoms with Crippen molar-refractivity contribution in [2.45, 2.75) is 38.8 Å². The van der Waals surface area contributed by atoms with Gasteiger partial charge in [-0.3, -0.25) is 4.90 Å². The van der Waals surface area contributed by atoms with Crippen molar-refractivity contribution in [2.75, 3.05) is 35.2 Å². The van der Waals surface area contributed by atoms with Crippen LogP contribution in [0.3, 0.4) is 0 Å². The van der Waals surface area contributed by atoms with Crippen molar-refractivity contribution in [2.24, 2.45) is 0 Å². The van der Waals surface area contributed by atoms with Gasteiger partial charge in [-0.2, -0.15) is 0 Å². The van der Waals surface area contributed by atoms with Gasteiger partial charge in [0, 0.05) is 13.5 Å². The lowest BCUT2D eigenvalue weighted by molar-refractivity contribution is -0.148. The quantitative estimate of drug-likeness (QED) is 0.504. The van der Waals surface area contributed by atoms with Crippen molar-refractivity contribution >= 4 is 12.1 Å². The Labute approximate surface area is 160 Å². The highest BCUT2D eigenvalue weighted by Gasteiger charge is 2.34. The molecule has 0 fully saturated rings. The third-order valence-electron chi connectivity index (χ3n) is 3.62. The zero-order valence-electron chi connectivity index (χ0n) is 17.0. The Hall–Kier alpha value is -2.48. The average molecular weight is 383 g/mol. The second-order valence-electron chi connectivity index (χ2n) is 6.80. The molecule has 0 aliphatic rings. The first-order valence-electron chi connectivity index (χ1n) is 8.44. The number of hydrogen-bond acceptors (Lipinski definition) is 7. The lowest BCUT2D eigenvalue weighted by Crippen LogP contribution is -2.49. The molecule has 0 radical (unpaired) electrons. The van der Waals surface area contributed by atoms with E-state index in [1.54, 1.807) is 39.0 Å². The van der Waals surface area contributed by atoms with Crippen molar-refractivity contribution in [1.82, 2.24) is 4.90 Å². The average Bonchev–Trinajstić information content (AvgIpc) is 2.62. The highest BCUT2D eigenvalue weighted by Crippen LogP contribution is 2.28. The number of methoxy groups -OCH3 is 4. The highest BCUT2D eigenvalue weighted by molar-refractivity contribution is 5.81. The Morgan fingerprint density at radius 3 is 2.15 bits per heavy atom. The molecule has 0 aliphatic carbocycles. The summed E-state index contributed by atoms with van der Waals surface area (Å²) in [6, 6.07) is 4.34. The predicted molar refractivity (Wildman–Crippen MR) is 99.0 cm³/mol. The van der Waals surface area contributed by atoms with Crippen molar-refractivity contribution in [3.05, 3.63) is 23.8 Å². The van der Waals surface area contributed by atoms with Crippen LogP contribution in [-0.4, -0.2) is 63.8 Å². The van der Waals surface area contributed by atoms with Gasteiger partial charge in [0.2, 0.25) is 0 Å². The summed E-state index contributed by atoms with van der Waals surface area (Å²) in [6.07, 6.45) is -0.476. The van der Waals surface area contributed by atoms with Crippen molar-refractivity contribution in [3.63, 3.8) is 0 Å². The van der Waals surface area contributed by atoms with Gasteiger partial charge in [0.05, 0.1) is 21.3 Å². The molecule has 8 nitrogen and oxygen atoms in total. The lowest BCUT2D eigenvalue weighted by atomic mass is 10.0. The molecule has 1 aromatic rings. The van der Waals surface area contributed by atoms with Crippen LogP contribution in [0.5, 0.6) is 11.5 Å². The fraction of sp³-hybridized carbons (Fsp3) is 0.579. The maximum absolute atomic E-state index is 12.6. The Balaban J connectivity index is 3.18. The molecule has 0 heterocycles. The molecule has 0 bridgehead atoms. The third-order valence-corrected chi connectivity index (χ3v) is 3.62. The number of nitrogens with zero attached hydrogens (tertiary/aromatic N) is 1. The Bertz CT molecular complexity index is 639. The van der Waals surface area contributed by atoms with E-state index in [0.29, 0.717) is 11.5 Å². The molecule has 152 valence electrons. The molecule has 0 saturated heterocycles. The van der Waals surface area contributed by atoms with Gasteiger partial charge in [-0.1, -0.05) is 6.07 Å². The fourth-order valence-electron chi connectivity index (χ4n) is 2.42. The van der Waals surface area contributed by atoms with E-state index in [0.717, 1.165) is 5.56 Å². The summed E-state index contributed by atoms with van der Waals surface area (Å²) in [4.78, 5) is 26.2. The molecule has 27 heavy (non-hydrogen) atoms. The van der Waals surface area contributed by atoms with Gasteiger partial charge in [0.15, 0.2) is 11.5 Å². The molecular weight excluding hydrogens is 354 g/mol. The van der Waals surface area contributed by atoms with Crippen LogP contribution in [0.2, 0.25) is 0 Å². The number of carbonyl (C=O) groups excluding carboxylic acids is 2. The van der Waals surface area contributed by atoms with Crippen molar-refractivity contribution < 1.29 is 33.3 Å². The van der Waals surface area contributed by atoms with Crippen LogP contribution in [0.25, 0.3) is 0 Å². The van der Waals surface area contributed by atoms with Crippen LogP contribution < -0.4 is 9.47 Å². The maximum Gasteiger partial charge on any atom is 0.412 e. The summed E-state index contributed by atoms with van der Waals surface area (Å²) in [6.45, 7) is 5.12. The van der Waals surface area contributed by atoms with E-state index in [1.165, 1.54) is 33.3 Å². The summed E-state index contributed by atoms with van der Waals surface area (Å²) < 4.78 is 25.9. The minimum Gasteiger partial charge on any atom is -0.493 e. The first-order chi connectivity index (χ1) is 12.7. The van der Waals surface area contributed by atoms with Crippen LogP contribution >= 0.6 is 0 Å². The van der Waals surface area contributed by atoms with Gasteiger partial charge in [0.25, 0.3) is 0 Å². The van der Waals surface area contributed by atoms with Gasteiger partial charge in [-0.25, -0.2) is 9.59 Å². The Morgan fingerprint density at radius 1 is 1.04 bits per heavy atom. The van der Waals surface area contributed by atoms with Crippen LogP contribution in [0, 0.1) is 0 Å². The van der Waals surface area contributed by atoms with E-state index in [1.807, 2.05) is 0 Å². The minimum atomic E-state index is -0.928. The first-order valence-corrected chi connectivity index (χ1v) is 8.44. The van der Waals surface area contributed by atoms with Gasteiger partial charge in [0.1, 0.15) is 18.4 Å². The smallest absolute Gasteiger partial charge is 0.412 e. The van der Waals surface area contributed by atoms with E-state index in [9.17, 15) is 9.59 Å². The van der Waals surface area contributed by atoms with E-state index >= 15 is 0 Å². The van der Waals surface area contributed by atoms with Crippen LogP contribution in [0.4, 0.5) is 4.79 Å². The SMILES string of the molecule is COCN(C(=O)OC(C)(C)C)[C@@H](Cc1ccc(OC)c(OC)c1)C(=O)OC. The molecule has 0 spiro atoms. The first kappa shape index (κ1) is 22.6. The minimum absolute atomic E-state index is 0.123. The summed E-state index contributed by atoms with van der Waals surface area (Å²) in [7, 11) is 5.76. The monoisotopic (exact) mass is 383 g/mol. The number of hydrogen-bond donors (Lipinski definition) is 0. The zero-order chi connectivity index (χ0) is 20.6. The number of benzene rings is 1. The standard InChI is InChI=1S/C19H29NO7/c1-19(2,3)27-18(22)20(12-23-4)14(17(21)26-7)10-13-8-9-15(24-5)16(11-13)25-6/h8-9,11,14H,10,12H2,1-7H3/t14-/m0/s1. The second-order valence-corrected chi connectivity index (χ2v) is 6.80. The molecule has 1 atom stereocenters. The number of ether oxygens (including phenoxy) is 5. The maximum atomic E-state index is 12.6. The molecule has 0 aliphatic heterocycles. The zero-order valence-corrected chi connectivity index (χ0v) is 17.0. The Morgan fingerprint density at radius 2 is 1.67 bits per heavy atom. The number of amides is 1. The van der Waals surface area contributed by atoms with Crippen LogP contribution in [0.15, 0.2) is 18.2 Å². The summed E-state index contributed by atoms with van der Waals surface area (Å²) in [5.74, 6) is 0.513. The molecule has 8 heteroatoms. The third kappa shape index (κ3) is 6.63. The molecular formula is C19H29NO7. The molecule has 0 unspecified atom stereocenters. The van der Waals surface area contributed by atoms with Crippen molar-refractivity contribution in [3.8, 4) is 11.5 Å². The van der Waals surface area contributed by atoms with Gasteiger partial charge < -0.3 is 23.7 Å². The van der Waals surface area contributed by atoms with Gasteiger partial charge >= 0.3 is 12.1 Å². The van der Waals surface area contributed by atoms with Crippen LogP contribution in [0.1, 0.15) is 26.3 Å². The Kier molecular flexibility index (Phi) is 8.36. The summed E-state index contributed by atoms with van der Waals surface area (Å²) in [5.41, 5.74) is 0.0419.